The number of hydrogen-bond acceptors (Lipinski definition) is 2. The fourth-order valence-corrected chi connectivity index (χ4v) is 3.44. The molecule has 2 N–H and O–H groups in total. The van der Waals surface area contributed by atoms with Gasteiger partial charge in [0.05, 0.1) is 10.2 Å². The summed E-state index contributed by atoms with van der Waals surface area (Å²) in [7, 11) is 1.98. The van der Waals surface area contributed by atoms with Crippen LogP contribution in [0.1, 0.15) is 36.4 Å². The van der Waals surface area contributed by atoms with Crippen molar-refractivity contribution in [3.8, 4) is 0 Å². The summed E-state index contributed by atoms with van der Waals surface area (Å²) >= 11 is 3.23. The van der Waals surface area contributed by atoms with Crippen LogP contribution in [0.5, 0.6) is 0 Å². The Morgan fingerprint density at radius 3 is 2.64 bits per heavy atom. The third-order valence-electron chi connectivity index (χ3n) is 4.55. The summed E-state index contributed by atoms with van der Waals surface area (Å²) in [6.45, 7) is 9.78. The molecule has 1 aromatic carbocycles. The predicted octanol–water partition coefficient (Wildman–Crippen LogP) is 4.29. The number of halogens is 3. The van der Waals surface area contributed by atoms with Gasteiger partial charge in [0.1, 0.15) is 5.82 Å². The molecule has 0 saturated heterocycles. The van der Waals surface area contributed by atoms with Gasteiger partial charge in [0, 0.05) is 31.9 Å². The Bertz CT molecular complexity index is 806. The summed E-state index contributed by atoms with van der Waals surface area (Å²) < 4.78 is 15.7. The van der Waals surface area contributed by atoms with Crippen LogP contribution in [0.25, 0.3) is 0 Å². The molecule has 0 fully saturated rings. The van der Waals surface area contributed by atoms with Crippen LogP contribution in [0.15, 0.2) is 27.7 Å². The van der Waals surface area contributed by atoms with E-state index in [1.165, 1.54) is 17.3 Å². The Morgan fingerprint density at radius 1 is 1.36 bits per heavy atom. The first kappa shape index (κ1) is 24.9. The third-order valence-corrected chi connectivity index (χ3v) is 5.16. The predicted molar refractivity (Wildman–Crippen MR) is 128 cm³/mol. The monoisotopic (exact) mass is 565 g/mol. The van der Waals surface area contributed by atoms with Crippen LogP contribution in [-0.2, 0) is 19.9 Å². The number of guanidine groups is 1. The van der Waals surface area contributed by atoms with E-state index >= 15 is 0 Å². The molecule has 0 bridgehead atoms. The van der Waals surface area contributed by atoms with E-state index < -0.39 is 0 Å². The van der Waals surface area contributed by atoms with E-state index in [9.17, 15) is 4.39 Å². The maximum atomic E-state index is 13.3. The van der Waals surface area contributed by atoms with Crippen LogP contribution in [0.3, 0.4) is 0 Å². The van der Waals surface area contributed by atoms with E-state index in [0.29, 0.717) is 11.0 Å². The van der Waals surface area contributed by atoms with Gasteiger partial charge in [-0.2, -0.15) is 5.10 Å². The summed E-state index contributed by atoms with van der Waals surface area (Å²) in [4.78, 5) is 4.66. The molecule has 0 aliphatic carbocycles. The third kappa shape index (κ3) is 7.02. The molecule has 0 spiro atoms. The molecule has 1 atom stereocenters. The minimum absolute atomic E-state index is 0. The van der Waals surface area contributed by atoms with E-state index in [4.69, 9.17) is 0 Å². The molecule has 5 nitrogen and oxygen atoms in total. The lowest BCUT2D eigenvalue weighted by Gasteiger charge is -2.18. The van der Waals surface area contributed by atoms with Gasteiger partial charge in [-0.25, -0.2) is 4.39 Å². The summed E-state index contributed by atoms with van der Waals surface area (Å²) in [6, 6.07) is 5.31. The Morgan fingerprint density at radius 2 is 2.07 bits per heavy atom. The van der Waals surface area contributed by atoms with Crippen LogP contribution in [0, 0.1) is 19.7 Å². The first-order chi connectivity index (χ1) is 12.8. The van der Waals surface area contributed by atoms with Gasteiger partial charge in [0.15, 0.2) is 5.96 Å². The summed E-state index contributed by atoms with van der Waals surface area (Å²) in [5, 5.41) is 11.2. The van der Waals surface area contributed by atoms with Crippen molar-refractivity contribution in [3.63, 3.8) is 0 Å². The van der Waals surface area contributed by atoms with Crippen molar-refractivity contribution < 1.29 is 4.39 Å². The van der Waals surface area contributed by atoms with E-state index in [0.717, 1.165) is 36.6 Å². The maximum absolute atomic E-state index is 13.3. The molecule has 1 unspecified atom stereocenters. The maximum Gasteiger partial charge on any atom is 0.191 e. The highest BCUT2D eigenvalue weighted by atomic mass is 127. The van der Waals surface area contributed by atoms with Gasteiger partial charge in [-0.3, -0.25) is 9.67 Å². The second-order valence-electron chi connectivity index (χ2n) is 6.78. The number of rotatable bonds is 7. The largest absolute Gasteiger partial charge is 0.357 e. The van der Waals surface area contributed by atoms with E-state index in [1.807, 2.05) is 24.7 Å². The van der Waals surface area contributed by atoms with Crippen LogP contribution in [0.4, 0.5) is 4.39 Å². The van der Waals surface area contributed by atoms with Crippen molar-refractivity contribution in [1.29, 1.82) is 0 Å². The number of aromatic nitrogens is 2. The van der Waals surface area contributed by atoms with Crippen molar-refractivity contribution >= 4 is 45.9 Å². The lowest BCUT2D eigenvalue weighted by atomic mass is 10.1. The van der Waals surface area contributed by atoms with Gasteiger partial charge in [0.25, 0.3) is 0 Å². The summed E-state index contributed by atoms with van der Waals surface area (Å²) in [6.07, 6.45) is 1.64. The van der Waals surface area contributed by atoms with Crippen molar-refractivity contribution in [2.24, 2.45) is 12.0 Å². The highest BCUT2D eigenvalue weighted by Gasteiger charge is 2.14. The minimum Gasteiger partial charge on any atom is -0.357 e. The molecule has 0 saturated carbocycles. The molecule has 156 valence electrons. The van der Waals surface area contributed by atoms with Crippen molar-refractivity contribution in [1.82, 2.24) is 20.4 Å². The zero-order valence-corrected chi connectivity index (χ0v) is 21.1. The van der Waals surface area contributed by atoms with Gasteiger partial charge in [0.2, 0.25) is 0 Å². The highest BCUT2D eigenvalue weighted by molar-refractivity contribution is 14.0. The topological polar surface area (TPSA) is 54.2 Å². The molecular weight excluding hydrogens is 536 g/mol. The van der Waals surface area contributed by atoms with Gasteiger partial charge in [-0.15, -0.1) is 24.0 Å². The molecule has 0 aliphatic heterocycles. The van der Waals surface area contributed by atoms with Crippen molar-refractivity contribution in [2.75, 3.05) is 13.1 Å². The lowest BCUT2D eigenvalue weighted by Crippen LogP contribution is -2.43. The molecular formula is C20H30BrFIN5. The van der Waals surface area contributed by atoms with Crippen molar-refractivity contribution in [3.05, 3.63) is 51.0 Å². The molecule has 28 heavy (non-hydrogen) atoms. The average Bonchev–Trinajstić information content (AvgIpc) is 2.84. The van der Waals surface area contributed by atoms with E-state index in [1.54, 1.807) is 6.07 Å². The first-order valence-electron chi connectivity index (χ1n) is 9.29. The number of aryl methyl sites for hydroxylation is 2. The van der Waals surface area contributed by atoms with Crippen LogP contribution < -0.4 is 10.6 Å². The van der Waals surface area contributed by atoms with Crippen LogP contribution in [0.2, 0.25) is 0 Å². The zero-order chi connectivity index (χ0) is 20.0. The van der Waals surface area contributed by atoms with Gasteiger partial charge >= 0.3 is 0 Å². The van der Waals surface area contributed by atoms with Crippen LogP contribution in [-0.4, -0.2) is 34.9 Å². The number of nitrogens with one attached hydrogen (secondary N) is 2. The normalized spacial score (nSPS) is 12.5. The fourth-order valence-electron chi connectivity index (χ4n) is 3.02. The van der Waals surface area contributed by atoms with E-state index in [2.05, 4.69) is 57.4 Å². The van der Waals surface area contributed by atoms with Gasteiger partial charge in [-0.1, -0.05) is 6.07 Å². The van der Waals surface area contributed by atoms with Gasteiger partial charge < -0.3 is 10.6 Å². The highest BCUT2D eigenvalue weighted by Crippen LogP contribution is 2.17. The Labute approximate surface area is 192 Å². The first-order valence-corrected chi connectivity index (χ1v) is 10.1. The second kappa shape index (κ2) is 11.7. The SMILES string of the molecule is CCNC(=NCCc1ccc(F)c(Br)c1)NC(C)Cc1c(C)nn(C)c1C.I. The standard InChI is InChI=1S/C20H29BrFN5.HI/c1-6-23-20(24-10-9-16-7-8-19(22)18(21)12-16)25-13(2)11-17-14(3)26-27(5)15(17)4;/h7-8,12-13H,6,9-11H2,1-5H3,(H2,23,24,25);1H. The molecule has 0 radical (unpaired) electrons. The smallest absolute Gasteiger partial charge is 0.191 e. The van der Waals surface area contributed by atoms with Crippen molar-refractivity contribution in [2.45, 2.75) is 46.6 Å². The molecule has 2 rings (SSSR count). The summed E-state index contributed by atoms with van der Waals surface area (Å²) in [5.74, 6) is 0.553. The number of hydrogen-bond donors (Lipinski definition) is 2. The molecule has 8 heteroatoms. The average molecular weight is 566 g/mol. The van der Waals surface area contributed by atoms with Gasteiger partial charge in [-0.05, 0) is 79.7 Å². The quantitative estimate of drug-likeness (QED) is 0.299. The number of nitrogens with zero attached hydrogens (tertiary/aromatic N) is 3. The Balaban J connectivity index is 0.00000392. The number of aliphatic imine (C=N–C) groups is 1. The lowest BCUT2D eigenvalue weighted by molar-refractivity contribution is 0.620. The fraction of sp³-hybridized carbons (Fsp3) is 0.500. The molecule has 0 amide bonds. The Kier molecular flexibility index (Phi) is 10.4. The van der Waals surface area contributed by atoms with E-state index in [-0.39, 0.29) is 35.8 Å². The Hall–Kier alpha value is -1.16. The minimum atomic E-state index is -0.243. The van der Waals surface area contributed by atoms with Crippen LogP contribution >= 0.6 is 39.9 Å². The summed E-state index contributed by atoms with van der Waals surface area (Å²) in [5.41, 5.74) is 4.61. The zero-order valence-electron chi connectivity index (χ0n) is 17.1. The molecule has 1 heterocycles. The molecule has 2 aromatic rings. The molecule has 1 aromatic heterocycles. The molecule has 0 aliphatic rings. The number of benzene rings is 1. The second-order valence-corrected chi connectivity index (χ2v) is 7.64.